The molecule has 4 aromatic rings. The first kappa shape index (κ1) is 30.6. The lowest BCUT2D eigenvalue weighted by Crippen LogP contribution is -2.34. The Kier molecular flexibility index (Phi) is 9.18. The van der Waals surface area contributed by atoms with Crippen LogP contribution in [0.2, 0.25) is 0 Å². The van der Waals surface area contributed by atoms with Gasteiger partial charge < -0.3 is 10.5 Å². The van der Waals surface area contributed by atoms with Crippen LogP contribution in [0.1, 0.15) is 59.5 Å². The predicted octanol–water partition coefficient (Wildman–Crippen LogP) is 6.15. The molecular formula is C30H29F3N7O3S+. The molecule has 3 amide bonds. The summed E-state index contributed by atoms with van der Waals surface area (Å²) >= 11 is 0.873. The number of amides is 3. The lowest BCUT2D eigenvalue weighted by Gasteiger charge is -2.25. The molecular weight excluding hydrogens is 595 g/mol. The van der Waals surface area contributed by atoms with E-state index in [0.29, 0.717) is 17.2 Å². The van der Waals surface area contributed by atoms with Gasteiger partial charge in [-0.15, -0.1) is 18.7 Å². The van der Waals surface area contributed by atoms with E-state index in [-0.39, 0.29) is 33.4 Å². The highest BCUT2D eigenvalue weighted by Gasteiger charge is 2.32. The number of rotatable bonds is 7. The van der Waals surface area contributed by atoms with Gasteiger partial charge in [0.05, 0.1) is 16.8 Å². The van der Waals surface area contributed by atoms with E-state index in [2.05, 4.69) is 25.1 Å². The van der Waals surface area contributed by atoms with E-state index in [0.717, 1.165) is 24.2 Å². The summed E-state index contributed by atoms with van der Waals surface area (Å²) in [6.45, 7) is 0.111. The molecule has 0 spiro atoms. The van der Waals surface area contributed by atoms with Crippen molar-refractivity contribution < 1.29 is 33.0 Å². The van der Waals surface area contributed by atoms with Crippen molar-refractivity contribution >= 4 is 50.3 Å². The van der Waals surface area contributed by atoms with Crippen molar-refractivity contribution in [1.29, 1.82) is 0 Å². The molecule has 0 saturated heterocycles. The molecule has 1 fully saturated rings. The summed E-state index contributed by atoms with van der Waals surface area (Å²) in [5, 5.41) is 5.99. The van der Waals surface area contributed by atoms with Gasteiger partial charge in [-0.1, -0.05) is 60.9 Å². The van der Waals surface area contributed by atoms with Crippen molar-refractivity contribution in [2.75, 3.05) is 10.2 Å². The van der Waals surface area contributed by atoms with Crippen LogP contribution in [0.3, 0.4) is 0 Å². The number of ether oxygens (including phenoxy) is 1. The molecule has 0 unspecified atom stereocenters. The number of thiazole rings is 1. The average molecular weight is 625 g/mol. The normalized spacial score (nSPS) is 14.3. The first-order valence-corrected chi connectivity index (χ1v) is 14.6. The second-order valence-electron chi connectivity index (χ2n) is 10.2. The molecule has 1 heterocycles. The number of guanidine groups is 1. The first-order chi connectivity index (χ1) is 21.1. The Balaban J connectivity index is 1.41. The maximum absolute atomic E-state index is 13.7. The van der Waals surface area contributed by atoms with Crippen molar-refractivity contribution in [2.24, 2.45) is 15.8 Å². The molecule has 0 radical (unpaired) electrons. The summed E-state index contributed by atoms with van der Waals surface area (Å²) in [4.78, 5) is 35.3. The lowest BCUT2D eigenvalue weighted by atomic mass is 9.84. The minimum absolute atomic E-state index is 0.105. The summed E-state index contributed by atoms with van der Waals surface area (Å²) in [7, 11) is 0. The molecule has 5 N–H and O–H groups in total. The molecule has 1 aliphatic carbocycles. The van der Waals surface area contributed by atoms with Gasteiger partial charge in [0.2, 0.25) is 0 Å². The Hall–Kier alpha value is -4.85. The summed E-state index contributed by atoms with van der Waals surface area (Å²) in [6.07, 6.45) is 1.00. The number of alkyl halides is 3. The Bertz CT molecular complexity index is 1680. The third-order valence-electron chi connectivity index (χ3n) is 7.23. The Labute approximate surface area is 254 Å². The Morgan fingerprint density at radius 2 is 1.75 bits per heavy atom. The number of benzene rings is 3. The molecule has 0 bridgehead atoms. The molecule has 44 heavy (non-hydrogen) atoms. The zero-order chi connectivity index (χ0) is 31.3. The number of anilines is 2. The number of fused-ring (bicyclic) bond motifs is 1. The minimum atomic E-state index is -4.87. The third-order valence-corrected chi connectivity index (χ3v) is 8.24. The number of hydrogen-bond donors (Lipinski definition) is 3. The topological polar surface area (TPSA) is 148 Å². The average Bonchev–Trinajstić information content (AvgIpc) is 3.43. The van der Waals surface area contributed by atoms with Crippen molar-refractivity contribution in [2.45, 2.75) is 50.9 Å². The number of urea groups is 1. The van der Waals surface area contributed by atoms with Gasteiger partial charge >= 0.3 is 12.4 Å². The molecule has 0 atom stereocenters. The number of nitrogens with two attached hydrogens (primary N) is 2. The van der Waals surface area contributed by atoms with E-state index in [1.807, 2.05) is 24.3 Å². The fourth-order valence-electron chi connectivity index (χ4n) is 5.12. The standard InChI is InChI=1S/C30H28F3N7O3S/c31-30(32,33)43-24-8-4-7-23-25(24)44-28(36-23)38-29(42)40(22-15-13-20(14-16-22)19-5-2-1-3-6-19)17-18-9-11-21(12-10-18)26(41)37-27(34)39-35/h4,7-16,19,35H,1-3,5-6,17H2,(H2,34,37,41)(H,36,38,42)/p+1. The molecule has 10 nitrogen and oxygen atoms in total. The van der Waals surface area contributed by atoms with Crippen molar-refractivity contribution in [3.8, 4) is 5.75 Å². The van der Waals surface area contributed by atoms with Gasteiger partial charge in [-0.05, 0) is 66.3 Å². The quantitative estimate of drug-likeness (QED) is 0.128. The van der Waals surface area contributed by atoms with E-state index >= 15 is 0 Å². The predicted molar refractivity (Wildman–Crippen MR) is 161 cm³/mol. The van der Waals surface area contributed by atoms with Gasteiger partial charge in [0.25, 0.3) is 11.9 Å². The van der Waals surface area contributed by atoms with Gasteiger partial charge in [-0.2, -0.15) is 4.99 Å². The highest BCUT2D eigenvalue weighted by Crippen LogP contribution is 2.37. The van der Waals surface area contributed by atoms with E-state index in [1.54, 1.807) is 24.3 Å². The van der Waals surface area contributed by atoms with Crippen LogP contribution in [-0.2, 0) is 6.54 Å². The summed E-state index contributed by atoms with van der Waals surface area (Å²) in [5.74, 6) is -0.903. The summed E-state index contributed by atoms with van der Waals surface area (Å²) in [6, 6.07) is 17.8. The zero-order valence-electron chi connectivity index (χ0n) is 23.4. The van der Waals surface area contributed by atoms with Crippen LogP contribution in [0.25, 0.3) is 10.2 Å². The summed E-state index contributed by atoms with van der Waals surface area (Å²) in [5.41, 5.74) is 13.5. The van der Waals surface area contributed by atoms with E-state index in [9.17, 15) is 22.8 Å². The van der Waals surface area contributed by atoms with E-state index in [4.69, 9.17) is 11.3 Å². The van der Waals surface area contributed by atoms with Crippen LogP contribution < -0.4 is 26.2 Å². The second kappa shape index (κ2) is 13.2. The van der Waals surface area contributed by atoms with Crippen molar-refractivity contribution in [3.63, 3.8) is 0 Å². The maximum atomic E-state index is 13.7. The molecule has 3 aromatic carbocycles. The highest BCUT2D eigenvalue weighted by atomic mass is 32.1. The van der Waals surface area contributed by atoms with Gasteiger partial charge in [-0.25, -0.2) is 9.78 Å². The number of hydrogen-bond acceptors (Lipinski definition) is 5. The van der Waals surface area contributed by atoms with Gasteiger partial charge in [-0.3, -0.25) is 15.0 Å². The number of aliphatic imine (C=N–C) groups is 1. The van der Waals surface area contributed by atoms with Crippen LogP contribution in [0.5, 0.6) is 5.75 Å². The number of nitrogens with zero attached hydrogens (tertiary/aromatic N) is 4. The molecule has 5 rings (SSSR count). The first-order valence-electron chi connectivity index (χ1n) is 13.8. The summed E-state index contributed by atoms with van der Waals surface area (Å²) < 4.78 is 43.1. The SMILES string of the molecule is NC(N=[NH2+])=NC(=O)c1ccc(CN(C(=O)Nc2nc3cccc(OC(F)(F)F)c3s2)c2ccc(C3CCCCC3)cc2)cc1. The van der Waals surface area contributed by atoms with Crippen LogP contribution in [-0.4, -0.2) is 29.2 Å². The lowest BCUT2D eigenvalue weighted by molar-refractivity contribution is -0.274. The molecule has 1 saturated carbocycles. The van der Waals surface area contributed by atoms with Gasteiger partial charge in [0.1, 0.15) is 5.75 Å². The molecule has 1 aliphatic rings. The number of aromatic nitrogens is 1. The fraction of sp³-hybridized carbons (Fsp3) is 0.267. The molecule has 1 aromatic heterocycles. The van der Waals surface area contributed by atoms with Gasteiger partial charge in [0, 0.05) is 16.4 Å². The van der Waals surface area contributed by atoms with E-state index < -0.39 is 24.1 Å². The highest BCUT2D eigenvalue weighted by molar-refractivity contribution is 7.22. The monoisotopic (exact) mass is 624 g/mol. The van der Waals surface area contributed by atoms with Crippen LogP contribution in [0.4, 0.5) is 28.8 Å². The fourth-order valence-corrected chi connectivity index (χ4v) is 6.02. The number of carbonyl (C=O) groups is 2. The third kappa shape index (κ3) is 7.56. The van der Waals surface area contributed by atoms with Gasteiger partial charge in [0.15, 0.2) is 5.13 Å². The van der Waals surface area contributed by atoms with E-state index in [1.165, 1.54) is 47.9 Å². The smallest absolute Gasteiger partial charge is 0.404 e. The van der Waals surface area contributed by atoms with Crippen molar-refractivity contribution in [3.05, 3.63) is 83.4 Å². The Morgan fingerprint density at radius 1 is 1.05 bits per heavy atom. The zero-order valence-corrected chi connectivity index (χ0v) is 24.2. The number of halogens is 3. The second-order valence-corrected chi connectivity index (χ2v) is 11.2. The maximum Gasteiger partial charge on any atom is 0.573 e. The van der Waals surface area contributed by atoms with Crippen LogP contribution in [0.15, 0.2) is 76.8 Å². The molecule has 228 valence electrons. The largest absolute Gasteiger partial charge is 0.573 e. The minimum Gasteiger partial charge on any atom is -0.404 e. The number of carbonyl (C=O) groups excluding carboxylic acids is 2. The van der Waals surface area contributed by atoms with Crippen molar-refractivity contribution in [1.82, 2.24) is 4.98 Å². The number of nitrogens with one attached hydrogen (secondary N) is 1. The van der Waals surface area contributed by atoms with Crippen LogP contribution >= 0.6 is 11.3 Å². The molecule has 0 aliphatic heterocycles. The van der Waals surface area contributed by atoms with Crippen LogP contribution in [0, 0.1) is 0 Å². The molecule has 14 heteroatoms. The Morgan fingerprint density at radius 3 is 2.41 bits per heavy atom.